The third-order valence-electron chi connectivity index (χ3n) is 1.79. The molecule has 0 saturated carbocycles. The lowest BCUT2D eigenvalue weighted by atomic mass is 10.3. The minimum Gasteiger partial charge on any atom is -0.494 e. The molecule has 1 aromatic rings. The molecule has 1 rings (SSSR count). The summed E-state index contributed by atoms with van der Waals surface area (Å²) in [6, 6.07) is 7.80. The second-order valence-electron chi connectivity index (χ2n) is 2.95. The molecule has 0 saturated heterocycles. The zero-order chi connectivity index (χ0) is 10.9. The first-order valence-electron chi connectivity index (χ1n) is 4.72. The van der Waals surface area contributed by atoms with Gasteiger partial charge in [-0.15, -0.1) is 0 Å². The van der Waals surface area contributed by atoms with Crippen LogP contribution in [0, 0.1) is 10.7 Å². The Morgan fingerprint density at radius 2 is 2.00 bits per heavy atom. The van der Waals surface area contributed by atoms with Crippen LogP contribution in [0.4, 0.5) is 0 Å². The molecule has 2 nitrogen and oxygen atoms in total. The molecular weight excluding hydrogens is 274 g/mol. The fraction of sp³-hybridized carbons (Fsp3) is 0.364. The third kappa shape index (κ3) is 5.71. The second-order valence-corrected chi connectivity index (χ2v) is 4.74. The Bertz CT molecular complexity index is 320. The van der Waals surface area contributed by atoms with Gasteiger partial charge in [0.2, 0.25) is 0 Å². The standard InChI is InChI=1S/C11H12BrNOS/c12-10-3-5-11(6-4-10)14-7-1-2-8-15-9-13/h3-6H,1-2,7-8H2. The second kappa shape index (κ2) is 7.61. The summed E-state index contributed by atoms with van der Waals surface area (Å²) < 4.78 is 6.58. The number of ether oxygens (including phenoxy) is 1. The predicted molar refractivity (Wildman–Crippen MR) is 66.9 cm³/mol. The molecule has 0 atom stereocenters. The molecule has 0 aliphatic rings. The van der Waals surface area contributed by atoms with Crippen molar-refractivity contribution in [1.82, 2.24) is 0 Å². The monoisotopic (exact) mass is 285 g/mol. The van der Waals surface area contributed by atoms with Gasteiger partial charge in [-0.2, -0.15) is 5.26 Å². The van der Waals surface area contributed by atoms with Gasteiger partial charge >= 0.3 is 0 Å². The summed E-state index contributed by atoms with van der Waals surface area (Å²) in [4.78, 5) is 0. The Balaban J connectivity index is 2.10. The summed E-state index contributed by atoms with van der Waals surface area (Å²) in [5.74, 6) is 1.78. The van der Waals surface area contributed by atoms with Crippen molar-refractivity contribution in [2.45, 2.75) is 12.8 Å². The Labute approximate surface area is 103 Å². The van der Waals surface area contributed by atoms with E-state index in [9.17, 15) is 0 Å². The van der Waals surface area contributed by atoms with Gasteiger partial charge in [0.25, 0.3) is 0 Å². The van der Waals surface area contributed by atoms with Gasteiger partial charge in [-0.1, -0.05) is 15.9 Å². The Hall–Kier alpha value is -0.660. The van der Waals surface area contributed by atoms with Crippen LogP contribution in [0.1, 0.15) is 12.8 Å². The molecule has 0 aliphatic heterocycles. The van der Waals surface area contributed by atoms with E-state index in [2.05, 4.69) is 21.3 Å². The van der Waals surface area contributed by atoms with Crippen LogP contribution in [0.15, 0.2) is 28.7 Å². The topological polar surface area (TPSA) is 33.0 Å². The van der Waals surface area contributed by atoms with E-state index >= 15 is 0 Å². The van der Waals surface area contributed by atoms with Crippen molar-refractivity contribution >= 4 is 27.7 Å². The van der Waals surface area contributed by atoms with Crippen LogP contribution in [-0.4, -0.2) is 12.4 Å². The average Bonchev–Trinajstić information content (AvgIpc) is 2.26. The molecule has 80 valence electrons. The molecule has 0 unspecified atom stereocenters. The first-order chi connectivity index (χ1) is 7.33. The fourth-order valence-electron chi connectivity index (χ4n) is 1.04. The van der Waals surface area contributed by atoms with Crippen molar-refractivity contribution in [3.05, 3.63) is 28.7 Å². The number of nitrogens with zero attached hydrogens (tertiary/aromatic N) is 1. The molecule has 4 heteroatoms. The highest BCUT2D eigenvalue weighted by Crippen LogP contribution is 2.16. The number of halogens is 1. The van der Waals surface area contributed by atoms with Crippen molar-refractivity contribution < 1.29 is 4.74 Å². The van der Waals surface area contributed by atoms with Gasteiger partial charge in [0.15, 0.2) is 0 Å². The Morgan fingerprint density at radius 3 is 2.67 bits per heavy atom. The summed E-state index contributed by atoms with van der Waals surface area (Å²) in [5, 5.41) is 10.4. The van der Waals surface area contributed by atoms with Gasteiger partial charge in [0.1, 0.15) is 11.2 Å². The molecule has 15 heavy (non-hydrogen) atoms. The maximum atomic E-state index is 8.30. The lowest BCUT2D eigenvalue weighted by molar-refractivity contribution is 0.310. The predicted octanol–water partition coefficient (Wildman–Crippen LogP) is 3.82. The Morgan fingerprint density at radius 1 is 1.27 bits per heavy atom. The van der Waals surface area contributed by atoms with E-state index in [1.54, 1.807) is 0 Å². The van der Waals surface area contributed by atoms with Crippen LogP contribution in [0.2, 0.25) is 0 Å². The van der Waals surface area contributed by atoms with Crippen LogP contribution < -0.4 is 4.74 Å². The summed E-state index contributed by atoms with van der Waals surface area (Å²) in [6.45, 7) is 0.716. The van der Waals surface area contributed by atoms with E-state index in [0.717, 1.165) is 28.8 Å². The highest BCUT2D eigenvalue weighted by Gasteiger charge is 1.94. The number of benzene rings is 1. The van der Waals surface area contributed by atoms with Gasteiger partial charge in [-0.3, -0.25) is 0 Å². The van der Waals surface area contributed by atoms with Crippen molar-refractivity contribution in [3.8, 4) is 11.2 Å². The van der Waals surface area contributed by atoms with Crippen molar-refractivity contribution in [2.24, 2.45) is 0 Å². The average molecular weight is 286 g/mol. The normalized spacial score (nSPS) is 9.60. The molecule has 0 aromatic heterocycles. The van der Waals surface area contributed by atoms with E-state index in [-0.39, 0.29) is 0 Å². The number of unbranched alkanes of at least 4 members (excludes halogenated alkanes) is 1. The fourth-order valence-corrected chi connectivity index (χ4v) is 1.75. The number of hydrogen-bond donors (Lipinski definition) is 0. The number of rotatable bonds is 6. The van der Waals surface area contributed by atoms with Crippen LogP contribution >= 0.6 is 27.7 Å². The number of thiocyanates is 1. The molecular formula is C11H12BrNOS. The summed E-state index contributed by atoms with van der Waals surface area (Å²) >= 11 is 4.67. The molecule has 0 fully saturated rings. The van der Waals surface area contributed by atoms with Crippen LogP contribution in [-0.2, 0) is 0 Å². The highest BCUT2D eigenvalue weighted by atomic mass is 79.9. The third-order valence-corrected chi connectivity index (χ3v) is 2.94. The first-order valence-corrected chi connectivity index (χ1v) is 6.50. The lowest BCUT2D eigenvalue weighted by Gasteiger charge is -2.05. The minimum absolute atomic E-state index is 0.716. The number of hydrogen-bond acceptors (Lipinski definition) is 3. The van der Waals surface area contributed by atoms with Gasteiger partial charge < -0.3 is 4.74 Å². The maximum absolute atomic E-state index is 8.30. The number of thioether (sulfide) groups is 1. The van der Waals surface area contributed by atoms with E-state index in [0.29, 0.717) is 6.61 Å². The van der Waals surface area contributed by atoms with Crippen LogP contribution in [0.3, 0.4) is 0 Å². The molecule has 0 aliphatic carbocycles. The highest BCUT2D eigenvalue weighted by molar-refractivity contribution is 9.10. The zero-order valence-electron chi connectivity index (χ0n) is 8.28. The smallest absolute Gasteiger partial charge is 0.133 e. The van der Waals surface area contributed by atoms with E-state index in [1.165, 1.54) is 11.8 Å². The molecule has 0 bridgehead atoms. The van der Waals surface area contributed by atoms with E-state index in [4.69, 9.17) is 10.00 Å². The van der Waals surface area contributed by atoms with Crippen molar-refractivity contribution in [2.75, 3.05) is 12.4 Å². The summed E-state index contributed by atoms with van der Waals surface area (Å²) in [7, 11) is 0. The van der Waals surface area contributed by atoms with Gasteiger partial charge in [0, 0.05) is 10.2 Å². The Kier molecular flexibility index (Phi) is 6.29. The van der Waals surface area contributed by atoms with Gasteiger partial charge in [-0.05, 0) is 48.9 Å². The largest absolute Gasteiger partial charge is 0.494 e. The zero-order valence-corrected chi connectivity index (χ0v) is 10.7. The van der Waals surface area contributed by atoms with Crippen molar-refractivity contribution in [3.63, 3.8) is 0 Å². The molecule has 0 spiro atoms. The molecule has 0 heterocycles. The SMILES string of the molecule is N#CSCCCCOc1ccc(Br)cc1. The van der Waals surface area contributed by atoms with Crippen LogP contribution in [0.5, 0.6) is 5.75 Å². The lowest BCUT2D eigenvalue weighted by Crippen LogP contribution is -1.97. The summed E-state index contributed by atoms with van der Waals surface area (Å²) in [5.41, 5.74) is 0. The molecule has 0 amide bonds. The van der Waals surface area contributed by atoms with Crippen molar-refractivity contribution in [1.29, 1.82) is 5.26 Å². The first kappa shape index (κ1) is 12.4. The molecule has 1 aromatic carbocycles. The molecule has 0 radical (unpaired) electrons. The number of nitriles is 1. The van der Waals surface area contributed by atoms with Crippen LogP contribution in [0.25, 0.3) is 0 Å². The minimum atomic E-state index is 0.716. The maximum Gasteiger partial charge on any atom is 0.133 e. The summed E-state index contributed by atoms with van der Waals surface area (Å²) in [6.07, 6.45) is 2.01. The van der Waals surface area contributed by atoms with E-state index in [1.807, 2.05) is 24.3 Å². The van der Waals surface area contributed by atoms with Gasteiger partial charge in [-0.25, -0.2) is 0 Å². The van der Waals surface area contributed by atoms with E-state index < -0.39 is 0 Å². The van der Waals surface area contributed by atoms with Gasteiger partial charge in [0.05, 0.1) is 6.61 Å². The molecule has 0 N–H and O–H groups in total. The quantitative estimate of drug-likeness (QED) is 0.588.